The average Bonchev–Trinajstić information content (AvgIpc) is 3.28. The van der Waals surface area contributed by atoms with Crippen LogP contribution in [-0.4, -0.2) is 46.2 Å². The summed E-state index contributed by atoms with van der Waals surface area (Å²) in [4.78, 5) is 34.7. The zero-order valence-corrected chi connectivity index (χ0v) is 21.3. The molecule has 2 aliphatic heterocycles. The number of para-hydroxylation sites is 1. The second kappa shape index (κ2) is 8.68. The molecule has 2 unspecified atom stereocenters. The summed E-state index contributed by atoms with van der Waals surface area (Å²) in [5.41, 5.74) is 3.87. The number of nitrogens with zero attached hydrogens (tertiary/aromatic N) is 2. The van der Waals surface area contributed by atoms with E-state index in [4.69, 9.17) is 23.2 Å². The lowest BCUT2D eigenvalue weighted by molar-refractivity contribution is -0.166. The van der Waals surface area contributed by atoms with Crippen molar-refractivity contribution >= 4 is 45.9 Å². The van der Waals surface area contributed by atoms with E-state index in [2.05, 4.69) is 11.1 Å². The first-order chi connectivity index (χ1) is 17.4. The Bertz CT molecular complexity index is 1480. The van der Waals surface area contributed by atoms with Gasteiger partial charge in [0.05, 0.1) is 12.2 Å². The summed E-state index contributed by atoms with van der Waals surface area (Å²) in [6, 6.07) is 23.5. The molecular formula is C29H25Cl2N3O2. The molecule has 2 amide bonds. The molecule has 0 radical (unpaired) electrons. The summed E-state index contributed by atoms with van der Waals surface area (Å²) < 4.78 is 0. The van der Waals surface area contributed by atoms with E-state index in [0.717, 1.165) is 33.3 Å². The first kappa shape index (κ1) is 23.1. The van der Waals surface area contributed by atoms with Crippen molar-refractivity contribution in [3.05, 3.63) is 105 Å². The first-order valence-corrected chi connectivity index (χ1v) is 12.8. The molecule has 182 valence electrons. The van der Waals surface area contributed by atoms with Gasteiger partial charge in [-0.25, -0.2) is 0 Å². The maximum atomic E-state index is 14.1. The van der Waals surface area contributed by atoms with Crippen LogP contribution in [0, 0.1) is 0 Å². The third-order valence-corrected chi connectivity index (χ3v) is 8.18. The first-order valence-electron chi connectivity index (χ1n) is 12.1. The van der Waals surface area contributed by atoms with Gasteiger partial charge in [-0.3, -0.25) is 9.59 Å². The Labute approximate surface area is 219 Å². The van der Waals surface area contributed by atoms with Crippen molar-refractivity contribution < 1.29 is 9.59 Å². The van der Waals surface area contributed by atoms with Crippen LogP contribution in [0.25, 0.3) is 10.9 Å². The van der Waals surface area contributed by atoms with Gasteiger partial charge in [0.25, 0.3) is 5.91 Å². The topological polar surface area (TPSA) is 56.4 Å². The van der Waals surface area contributed by atoms with Crippen LogP contribution in [-0.2, 0) is 21.5 Å². The van der Waals surface area contributed by atoms with Crippen LogP contribution in [0.4, 0.5) is 0 Å². The largest absolute Gasteiger partial charge is 0.356 e. The van der Waals surface area contributed by atoms with Crippen molar-refractivity contribution in [2.75, 3.05) is 19.6 Å². The normalized spacial score (nSPS) is 21.6. The van der Waals surface area contributed by atoms with Gasteiger partial charge in [0.1, 0.15) is 0 Å². The Morgan fingerprint density at radius 3 is 2.33 bits per heavy atom. The predicted octanol–water partition coefficient (Wildman–Crippen LogP) is 5.75. The number of carbonyl (C=O) groups is 2. The number of amides is 2. The molecule has 1 aromatic heterocycles. The van der Waals surface area contributed by atoms with Crippen LogP contribution in [0.1, 0.15) is 35.2 Å². The average molecular weight is 518 g/mol. The minimum Gasteiger partial charge on any atom is -0.356 e. The smallest absolute Gasteiger partial charge is 0.254 e. The van der Waals surface area contributed by atoms with Gasteiger partial charge in [0.2, 0.25) is 5.91 Å². The van der Waals surface area contributed by atoms with Crippen molar-refractivity contribution in [1.82, 2.24) is 14.8 Å². The second-order valence-corrected chi connectivity index (χ2v) is 10.6. The molecule has 2 atom stereocenters. The van der Waals surface area contributed by atoms with E-state index in [1.54, 1.807) is 9.80 Å². The number of nitrogens with one attached hydrogen (secondary N) is 1. The molecule has 1 saturated heterocycles. The van der Waals surface area contributed by atoms with Gasteiger partial charge < -0.3 is 14.8 Å². The van der Waals surface area contributed by atoms with Crippen LogP contribution in [0.2, 0.25) is 10.0 Å². The summed E-state index contributed by atoms with van der Waals surface area (Å²) in [5.74, 6) is -0.172. The lowest BCUT2D eigenvalue weighted by atomic mass is 9.76. The maximum Gasteiger partial charge on any atom is 0.254 e. The van der Waals surface area contributed by atoms with E-state index in [-0.39, 0.29) is 24.3 Å². The second-order valence-electron chi connectivity index (χ2n) is 9.74. The fourth-order valence-corrected chi connectivity index (χ4v) is 6.02. The predicted molar refractivity (Wildman–Crippen MR) is 142 cm³/mol. The molecule has 3 aromatic carbocycles. The van der Waals surface area contributed by atoms with E-state index in [0.29, 0.717) is 29.6 Å². The standard InChI is InChI=1S/C29H25Cl2N3O2/c1-29-27-26(22-4-2-3-5-24(22)32-27)23(19-8-12-21(31)13-9-19)16-34(29)25(35)17-33(28(29)36)15-14-18-6-10-20(30)11-7-18/h2-13,23,32H,14-17H2,1H3. The number of aromatic nitrogens is 1. The van der Waals surface area contributed by atoms with E-state index in [9.17, 15) is 9.59 Å². The number of aromatic amines is 1. The highest BCUT2D eigenvalue weighted by atomic mass is 35.5. The minimum absolute atomic E-state index is 0.0449. The van der Waals surface area contributed by atoms with Crippen LogP contribution >= 0.6 is 23.2 Å². The van der Waals surface area contributed by atoms with Crippen molar-refractivity contribution in [1.29, 1.82) is 0 Å². The Morgan fingerprint density at radius 2 is 1.61 bits per heavy atom. The van der Waals surface area contributed by atoms with E-state index in [1.165, 1.54) is 0 Å². The number of rotatable bonds is 4. The molecule has 5 nitrogen and oxygen atoms in total. The van der Waals surface area contributed by atoms with E-state index >= 15 is 0 Å². The SMILES string of the molecule is CC12C(=O)N(CCc3ccc(Cl)cc3)CC(=O)N1CC(c1ccc(Cl)cc1)c1c2[nH]c2ccccc12. The van der Waals surface area contributed by atoms with Gasteiger partial charge in [-0.05, 0) is 60.4 Å². The van der Waals surface area contributed by atoms with Crippen molar-refractivity contribution in [3.8, 4) is 0 Å². The van der Waals surface area contributed by atoms with Gasteiger partial charge in [0.15, 0.2) is 5.54 Å². The fourth-order valence-electron chi connectivity index (χ4n) is 5.77. The summed E-state index contributed by atoms with van der Waals surface area (Å²) in [6.07, 6.45) is 0.652. The summed E-state index contributed by atoms with van der Waals surface area (Å²) in [6.45, 7) is 2.85. The Kier molecular flexibility index (Phi) is 5.58. The number of halogens is 2. The maximum absolute atomic E-state index is 14.1. The molecule has 1 N–H and O–H groups in total. The Balaban J connectivity index is 1.43. The number of benzene rings is 3. The van der Waals surface area contributed by atoms with Crippen molar-refractivity contribution in [2.45, 2.75) is 24.8 Å². The Morgan fingerprint density at radius 1 is 0.944 bits per heavy atom. The van der Waals surface area contributed by atoms with Crippen LogP contribution < -0.4 is 0 Å². The van der Waals surface area contributed by atoms with E-state index in [1.807, 2.05) is 73.7 Å². The van der Waals surface area contributed by atoms with Gasteiger partial charge in [0, 0.05) is 40.0 Å². The fraction of sp³-hybridized carbons (Fsp3) is 0.241. The molecule has 7 heteroatoms. The number of hydrogen-bond acceptors (Lipinski definition) is 2. The molecule has 2 aliphatic rings. The van der Waals surface area contributed by atoms with Gasteiger partial charge in [-0.1, -0.05) is 65.7 Å². The Hall–Kier alpha value is -3.28. The summed E-state index contributed by atoms with van der Waals surface area (Å²) >= 11 is 12.2. The molecule has 36 heavy (non-hydrogen) atoms. The molecule has 4 aromatic rings. The highest BCUT2D eigenvalue weighted by Gasteiger charge is 2.56. The van der Waals surface area contributed by atoms with Crippen molar-refractivity contribution in [2.24, 2.45) is 0 Å². The molecular weight excluding hydrogens is 493 g/mol. The number of fused-ring (bicyclic) bond motifs is 5. The number of hydrogen-bond donors (Lipinski definition) is 1. The van der Waals surface area contributed by atoms with Gasteiger partial charge in [-0.2, -0.15) is 0 Å². The summed E-state index contributed by atoms with van der Waals surface area (Å²) in [7, 11) is 0. The zero-order chi connectivity index (χ0) is 25.0. The zero-order valence-electron chi connectivity index (χ0n) is 19.8. The molecule has 6 rings (SSSR count). The van der Waals surface area contributed by atoms with Gasteiger partial charge >= 0.3 is 0 Å². The molecule has 0 spiro atoms. The number of carbonyl (C=O) groups excluding carboxylic acids is 2. The van der Waals surface area contributed by atoms with Crippen LogP contribution in [0.3, 0.4) is 0 Å². The third-order valence-electron chi connectivity index (χ3n) is 7.67. The lowest BCUT2D eigenvalue weighted by Crippen LogP contribution is -2.67. The van der Waals surface area contributed by atoms with E-state index < -0.39 is 5.54 Å². The lowest BCUT2D eigenvalue weighted by Gasteiger charge is -2.51. The molecule has 0 aliphatic carbocycles. The minimum atomic E-state index is -1.10. The quantitative estimate of drug-likeness (QED) is 0.374. The molecule has 0 saturated carbocycles. The van der Waals surface area contributed by atoms with Crippen LogP contribution in [0.15, 0.2) is 72.8 Å². The van der Waals surface area contributed by atoms with Crippen molar-refractivity contribution in [3.63, 3.8) is 0 Å². The highest BCUT2D eigenvalue weighted by Crippen LogP contribution is 2.48. The molecule has 1 fully saturated rings. The monoisotopic (exact) mass is 517 g/mol. The highest BCUT2D eigenvalue weighted by molar-refractivity contribution is 6.30. The third kappa shape index (κ3) is 3.61. The number of H-pyrrole nitrogens is 1. The van der Waals surface area contributed by atoms with Gasteiger partial charge in [-0.15, -0.1) is 0 Å². The number of piperazine rings is 1. The molecule has 3 heterocycles. The molecule has 0 bridgehead atoms. The summed E-state index contributed by atoms with van der Waals surface area (Å²) in [5, 5.41) is 2.42. The van der Waals surface area contributed by atoms with Crippen LogP contribution in [0.5, 0.6) is 0 Å².